The maximum Gasteiger partial charge on any atom is 0.0101 e. The van der Waals surface area contributed by atoms with Crippen molar-refractivity contribution in [2.75, 3.05) is 45.7 Å². The van der Waals surface area contributed by atoms with Gasteiger partial charge in [-0.25, -0.2) is 0 Å². The second-order valence-corrected chi connectivity index (χ2v) is 4.59. The van der Waals surface area contributed by atoms with Crippen molar-refractivity contribution in [2.24, 2.45) is 0 Å². The van der Waals surface area contributed by atoms with E-state index in [0.717, 1.165) is 13.1 Å². The van der Waals surface area contributed by atoms with E-state index in [-0.39, 0.29) is 0 Å². The molecule has 2 nitrogen and oxygen atoms in total. The Hall–Kier alpha value is 0.270. The second-order valence-electron chi connectivity index (χ2n) is 3.61. The third-order valence-corrected chi connectivity index (χ3v) is 2.63. The third-order valence-electron chi connectivity index (χ3n) is 1.94. The van der Waals surface area contributed by atoms with E-state index < -0.39 is 0 Å². The molecule has 0 aliphatic heterocycles. The van der Waals surface area contributed by atoms with Gasteiger partial charge in [-0.05, 0) is 45.5 Å². The lowest BCUT2D eigenvalue weighted by molar-refractivity contribution is 0.399. The molecule has 3 heteroatoms. The summed E-state index contributed by atoms with van der Waals surface area (Å²) in [5.74, 6) is 1.32. The number of nitrogens with one attached hydrogen (secondary N) is 1. The normalized spacial score (nSPS) is 11.1. The molecule has 0 aromatic heterocycles. The number of rotatable bonds is 9. The summed E-state index contributed by atoms with van der Waals surface area (Å²) in [5, 5.41) is 3.45. The summed E-state index contributed by atoms with van der Waals surface area (Å²) in [6, 6.07) is 0. The van der Waals surface area contributed by atoms with Crippen molar-refractivity contribution in [2.45, 2.75) is 19.3 Å². The zero-order valence-electron chi connectivity index (χ0n) is 9.31. The molecule has 0 aromatic carbocycles. The summed E-state index contributed by atoms with van der Waals surface area (Å²) in [7, 11) is 4.22. The average molecular weight is 204 g/mol. The van der Waals surface area contributed by atoms with E-state index in [1.54, 1.807) is 0 Å². The average Bonchev–Trinajstić information content (AvgIpc) is 2.09. The van der Waals surface area contributed by atoms with Gasteiger partial charge < -0.3 is 10.2 Å². The zero-order valence-corrected chi connectivity index (χ0v) is 10.1. The Bertz CT molecular complexity index is 96.9. The smallest absolute Gasteiger partial charge is 0.0101 e. The first-order valence-corrected chi connectivity index (χ1v) is 6.51. The first kappa shape index (κ1) is 13.3. The highest BCUT2D eigenvalue weighted by molar-refractivity contribution is 7.98. The Morgan fingerprint density at radius 3 is 2.46 bits per heavy atom. The van der Waals surface area contributed by atoms with Crippen molar-refractivity contribution < 1.29 is 0 Å². The summed E-state index contributed by atoms with van der Waals surface area (Å²) in [5.41, 5.74) is 0. The number of hydrogen-bond acceptors (Lipinski definition) is 3. The fourth-order valence-corrected chi connectivity index (χ4v) is 1.59. The van der Waals surface area contributed by atoms with Crippen molar-refractivity contribution >= 4 is 11.8 Å². The lowest BCUT2D eigenvalue weighted by Crippen LogP contribution is -2.27. The van der Waals surface area contributed by atoms with Crippen molar-refractivity contribution in [1.82, 2.24) is 10.2 Å². The van der Waals surface area contributed by atoms with Crippen LogP contribution in [0.15, 0.2) is 0 Å². The molecular weight excluding hydrogens is 180 g/mol. The molecule has 0 aromatic rings. The van der Waals surface area contributed by atoms with E-state index in [1.165, 1.54) is 31.6 Å². The first-order valence-electron chi connectivity index (χ1n) is 5.11. The highest BCUT2D eigenvalue weighted by Crippen LogP contribution is 2.00. The largest absolute Gasteiger partial charge is 0.315 e. The van der Waals surface area contributed by atoms with Crippen LogP contribution < -0.4 is 5.32 Å². The zero-order chi connectivity index (χ0) is 9.94. The minimum atomic E-state index is 1.12. The molecule has 0 unspecified atom stereocenters. The van der Waals surface area contributed by atoms with Gasteiger partial charge >= 0.3 is 0 Å². The summed E-state index contributed by atoms with van der Waals surface area (Å²) < 4.78 is 0. The quantitative estimate of drug-likeness (QED) is 0.575. The van der Waals surface area contributed by atoms with Gasteiger partial charge in [0, 0.05) is 13.1 Å². The molecule has 0 heterocycles. The number of hydrogen-bond donors (Lipinski definition) is 1. The molecule has 13 heavy (non-hydrogen) atoms. The molecule has 0 amide bonds. The molecule has 80 valence electrons. The highest BCUT2D eigenvalue weighted by Gasteiger charge is 1.90. The maximum absolute atomic E-state index is 3.45. The Morgan fingerprint density at radius 2 is 1.85 bits per heavy atom. The van der Waals surface area contributed by atoms with Crippen molar-refractivity contribution in [3.63, 3.8) is 0 Å². The van der Waals surface area contributed by atoms with Gasteiger partial charge in [0.2, 0.25) is 0 Å². The van der Waals surface area contributed by atoms with Gasteiger partial charge in [0.1, 0.15) is 0 Å². The summed E-state index contributed by atoms with van der Waals surface area (Å²) in [6.07, 6.45) is 6.25. The van der Waals surface area contributed by atoms with E-state index >= 15 is 0 Å². The fraction of sp³-hybridized carbons (Fsp3) is 1.00. The third kappa shape index (κ3) is 12.3. The molecule has 0 saturated heterocycles. The minimum Gasteiger partial charge on any atom is -0.315 e. The molecule has 0 aliphatic rings. The Balaban J connectivity index is 2.84. The van der Waals surface area contributed by atoms with Crippen LogP contribution >= 0.6 is 11.8 Å². The van der Waals surface area contributed by atoms with E-state index in [2.05, 4.69) is 30.6 Å². The maximum atomic E-state index is 3.45. The van der Waals surface area contributed by atoms with Crippen molar-refractivity contribution in [3.8, 4) is 0 Å². The fourth-order valence-electron chi connectivity index (χ4n) is 1.10. The van der Waals surface area contributed by atoms with Gasteiger partial charge in [-0.3, -0.25) is 0 Å². The van der Waals surface area contributed by atoms with E-state index in [1.807, 2.05) is 11.8 Å². The van der Waals surface area contributed by atoms with E-state index in [4.69, 9.17) is 0 Å². The first-order chi connectivity index (χ1) is 6.27. The number of thioether (sulfide) groups is 1. The minimum absolute atomic E-state index is 1.12. The monoisotopic (exact) mass is 204 g/mol. The summed E-state index contributed by atoms with van der Waals surface area (Å²) in [6.45, 7) is 3.45. The van der Waals surface area contributed by atoms with Crippen molar-refractivity contribution in [3.05, 3.63) is 0 Å². The Labute approximate surface area is 87.5 Å². The van der Waals surface area contributed by atoms with Crippen LogP contribution in [-0.2, 0) is 0 Å². The molecule has 0 rings (SSSR count). The van der Waals surface area contributed by atoms with Crippen LogP contribution in [0.3, 0.4) is 0 Å². The molecule has 0 radical (unpaired) electrons. The van der Waals surface area contributed by atoms with E-state index in [0.29, 0.717) is 0 Å². The molecular formula is C10H24N2S. The highest BCUT2D eigenvalue weighted by atomic mass is 32.2. The number of unbranched alkanes of at least 4 members (excludes halogenated alkanes) is 2. The van der Waals surface area contributed by atoms with E-state index in [9.17, 15) is 0 Å². The predicted molar refractivity (Wildman–Crippen MR) is 63.7 cm³/mol. The van der Waals surface area contributed by atoms with Gasteiger partial charge in [-0.15, -0.1) is 0 Å². The second kappa shape index (κ2) is 10.4. The van der Waals surface area contributed by atoms with Gasteiger partial charge in [-0.2, -0.15) is 11.8 Å². The summed E-state index contributed by atoms with van der Waals surface area (Å²) in [4.78, 5) is 2.21. The van der Waals surface area contributed by atoms with Gasteiger partial charge in [0.25, 0.3) is 0 Å². The van der Waals surface area contributed by atoms with Crippen LogP contribution in [0, 0.1) is 0 Å². The standard InChI is InChI=1S/C10H24N2S/c1-12(2)9-8-11-7-5-4-6-10-13-3/h11H,4-10H2,1-3H3. The van der Waals surface area contributed by atoms with Crippen LogP contribution in [0.1, 0.15) is 19.3 Å². The van der Waals surface area contributed by atoms with Gasteiger partial charge in [0.05, 0.1) is 0 Å². The lowest BCUT2D eigenvalue weighted by atomic mass is 10.2. The SMILES string of the molecule is CSCCCCCNCCN(C)C. The van der Waals surface area contributed by atoms with Crippen molar-refractivity contribution in [1.29, 1.82) is 0 Å². The van der Waals surface area contributed by atoms with Crippen LogP contribution in [0.25, 0.3) is 0 Å². The molecule has 0 aliphatic carbocycles. The molecule has 0 saturated carbocycles. The molecule has 0 atom stereocenters. The number of nitrogens with zero attached hydrogens (tertiary/aromatic N) is 1. The van der Waals surface area contributed by atoms with Crippen LogP contribution in [0.4, 0.5) is 0 Å². The topological polar surface area (TPSA) is 15.3 Å². The molecule has 0 fully saturated rings. The van der Waals surface area contributed by atoms with Crippen LogP contribution in [-0.4, -0.2) is 50.6 Å². The van der Waals surface area contributed by atoms with Crippen LogP contribution in [0.5, 0.6) is 0 Å². The van der Waals surface area contributed by atoms with Crippen LogP contribution in [0.2, 0.25) is 0 Å². The molecule has 0 spiro atoms. The Morgan fingerprint density at radius 1 is 1.08 bits per heavy atom. The Kier molecular flexibility index (Phi) is 10.6. The summed E-state index contributed by atoms with van der Waals surface area (Å²) >= 11 is 1.95. The number of likely N-dealkylation sites (N-methyl/N-ethyl adjacent to an activating group) is 1. The predicted octanol–water partition coefficient (Wildman–Crippen LogP) is 1.67. The lowest BCUT2D eigenvalue weighted by Gasteiger charge is -2.09. The molecule has 0 bridgehead atoms. The van der Waals surface area contributed by atoms with Gasteiger partial charge in [0.15, 0.2) is 0 Å². The van der Waals surface area contributed by atoms with Gasteiger partial charge in [-0.1, -0.05) is 6.42 Å². The molecule has 1 N–H and O–H groups in total.